The molecule has 1 aromatic rings. The van der Waals surface area contributed by atoms with Crippen LogP contribution >= 0.6 is 20.1 Å². The Bertz CT molecular complexity index is 153. The quantitative estimate of drug-likeness (QED) is 0.582. The molecule has 0 heterocycles. The monoisotopic (exact) mass is 213 g/mol. The van der Waals surface area contributed by atoms with Crippen molar-refractivity contribution in [2.45, 2.75) is 6.92 Å². The van der Waals surface area contributed by atoms with Crippen LogP contribution in [0.4, 0.5) is 0 Å². The van der Waals surface area contributed by atoms with E-state index in [-0.39, 0.29) is 13.4 Å². The molecule has 0 nitrogen and oxygen atoms in total. The maximum absolute atomic E-state index is 4.83. The van der Waals surface area contributed by atoms with E-state index in [0.717, 1.165) is 0 Å². The molecule has 0 spiro atoms. The summed E-state index contributed by atoms with van der Waals surface area (Å²) in [7, 11) is 9.65. The van der Waals surface area contributed by atoms with Gasteiger partial charge < -0.3 is 0 Å². The minimum absolute atomic E-state index is 0.181. The van der Waals surface area contributed by atoms with Gasteiger partial charge in [-0.25, -0.2) is 0 Å². The van der Waals surface area contributed by atoms with Crippen molar-refractivity contribution in [3.05, 3.63) is 35.9 Å². The Kier molecular flexibility index (Phi) is 7.69. The van der Waals surface area contributed by atoms with E-state index in [1.807, 2.05) is 24.3 Å². The van der Waals surface area contributed by atoms with Crippen molar-refractivity contribution in [3.63, 3.8) is 0 Å². The number of halogens is 2. The van der Waals surface area contributed by atoms with E-state index in [2.05, 4.69) is 13.0 Å². The van der Waals surface area contributed by atoms with Crippen molar-refractivity contribution >= 4 is 20.1 Å². The summed E-state index contributed by atoms with van der Waals surface area (Å²) >= 11 is -0.181. The maximum atomic E-state index is 4.83. The van der Waals surface area contributed by atoms with E-state index in [0.29, 0.717) is 0 Å². The fourth-order valence-electron chi connectivity index (χ4n) is 0.470. The molecule has 55 valence electrons. The molecule has 10 heavy (non-hydrogen) atoms. The molecule has 0 aromatic heterocycles. The van der Waals surface area contributed by atoms with Gasteiger partial charge in [-0.1, -0.05) is 6.92 Å². The van der Waals surface area contributed by atoms with Crippen molar-refractivity contribution in [2.75, 3.05) is 0 Å². The van der Waals surface area contributed by atoms with Crippen molar-refractivity contribution in [2.24, 2.45) is 0 Å². The second kappa shape index (κ2) is 7.44. The summed E-state index contributed by atoms with van der Waals surface area (Å²) in [6.07, 6.45) is 0. The Morgan fingerprint density at radius 2 is 1.70 bits per heavy atom. The van der Waals surface area contributed by atoms with E-state index in [1.54, 1.807) is 0 Å². The normalized spacial score (nSPS) is 7.50. The number of hydrogen-bond donors (Lipinski definition) is 0. The zero-order valence-corrected chi connectivity index (χ0v) is 8.26. The standard InChI is InChI=1S/C7H7.2ClH.Cr/c1-7-5-3-2-4-6-7;;;/h3-6H,1H3;2*1H;/q-1;;;+3/p-2. The first-order valence-electron chi connectivity index (χ1n) is 2.63. The molecular weight excluding hydrogens is 207 g/mol. The molecule has 1 rings (SSSR count). The molecular formula is C7H7Cl2Cr. The van der Waals surface area contributed by atoms with Gasteiger partial charge in [0.2, 0.25) is 0 Å². The fourth-order valence-corrected chi connectivity index (χ4v) is 0.470. The number of rotatable bonds is 0. The first-order valence-corrected chi connectivity index (χ1v) is 6.14. The molecule has 0 saturated carbocycles. The van der Waals surface area contributed by atoms with E-state index >= 15 is 0 Å². The van der Waals surface area contributed by atoms with Crippen molar-refractivity contribution in [1.82, 2.24) is 0 Å². The van der Waals surface area contributed by atoms with Gasteiger partial charge in [0.1, 0.15) is 0 Å². The zero-order chi connectivity index (χ0) is 7.82. The summed E-state index contributed by atoms with van der Waals surface area (Å²) in [5.74, 6) is 0. The third kappa shape index (κ3) is 6.45. The van der Waals surface area contributed by atoms with E-state index < -0.39 is 0 Å². The van der Waals surface area contributed by atoms with E-state index in [4.69, 9.17) is 20.1 Å². The average Bonchev–Trinajstić information content (AvgIpc) is 1.91. The number of hydrogen-bond acceptors (Lipinski definition) is 0. The predicted molar refractivity (Wildman–Crippen MR) is 41.7 cm³/mol. The van der Waals surface area contributed by atoms with Crippen LogP contribution in [0, 0.1) is 13.0 Å². The van der Waals surface area contributed by atoms with Gasteiger partial charge in [0.15, 0.2) is 0 Å². The van der Waals surface area contributed by atoms with E-state index in [1.165, 1.54) is 5.56 Å². The predicted octanol–water partition coefficient (Wildman–Crippen LogP) is 3.17. The molecule has 0 aliphatic heterocycles. The van der Waals surface area contributed by atoms with Crippen LogP contribution in [-0.4, -0.2) is 0 Å². The van der Waals surface area contributed by atoms with Crippen LogP contribution in [-0.2, 0) is 13.4 Å². The molecule has 0 aliphatic rings. The summed E-state index contributed by atoms with van der Waals surface area (Å²) in [4.78, 5) is 0. The van der Waals surface area contributed by atoms with Crippen LogP contribution in [0.1, 0.15) is 5.56 Å². The Balaban J connectivity index is 0.000000236. The van der Waals surface area contributed by atoms with Gasteiger partial charge >= 0.3 is 33.5 Å². The molecule has 0 bridgehead atoms. The molecule has 0 unspecified atom stereocenters. The zero-order valence-electron chi connectivity index (χ0n) is 5.47. The molecule has 0 amide bonds. The summed E-state index contributed by atoms with van der Waals surface area (Å²) in [6, 6.07) is 10.8. The summed E-state index contributed by atoms with van der Waals surface area (Å²) in [5.41, 5.74) is 1.29. The van der Waals surface area contributed by atoms with Crippen molar-refractivity contribution in [1.29, 1.82) is 0 Å². The van der Waals surface area contributed by atoms with Crippen LogP contribution < -0.4 is 0 Å². The molecule has 0 saturated heterocycles. The number of benzene rings is 1. The van der Waals surface area contributed by atoms with Crippen molar-refractivity contribution in [3.8, 4) is 0 Å². The average molecular weight is 214 g/mol. The Hall–Kier alpha value is 0.332. The van der Waals surface area contributed by atoms with Gasteiger partial charge in [-0.2, -0.15) is 35.9 Å². The van der Waals surface area contributed by atoms with Gasteiger partial charge in [0.25, 0.3) is 0 Å². The van der Waals surface area contributed by atoms with Gasteiger partial charge in [0.05, 0.1) is 0 Å². The third-order valence-electron chi connectivity index (χ3n) is 0.885. The minimum atomic E-state index is -0.181. The molecule has 0 aliphatic carbocycles. The first-order chi connectivity index (χ1) is 4.81. The molecule has 0 fully saturated rings. The SMILES string of the molecule is Cc1cc[c-]cc1.[Cl][Cr+][Cl]. The van der Waals surface area contributed by atoms with Crippen LogP contribution in [0.25, 0.3) is 0 Å². The molecule has 3 heteroatoms. The second-order valence-corrected chi connectivity index (χ2v) is 3.74. The second-order valence-electron chi connectivity index (χ2n) is 1.64. The van der Waals surface area contributed by atoms with E-state index in [9.17, 15) is 0 Å². The Morgan fingerprint density at radius 3 is 1.90 bits per heavy atom. The Morgan fingerprint density at radius 1 is 1.30 bits per heavy atom. The van der Waals surface area contributed by atoms with Gasteiger partial charge in [-0.15, -0.1) is 0 Å². The third-order valence-corrected chi connectivity index (χ3v) is 0.885. The summed E-state index contributed by atoms with van der Waals surface area (Å²) < 4.78 is 0. The molecule has 0 N–H and O–H groups in total. The van der Waals surface area contributed by atoms with Crippen LogP contribution in [0.5, 0.6) is 0 Å². The fraction of sp³-hybridized carbons (Fsp3) is 0.143. The number of aryl methyl sites for hydroxylation is 1. The topological polar surface area (TPSA) is 0 Å². The van der Waals surface area contributed by atoms with Gasteiger partial charge in [0, 0.05) is 0 Å². The van der Waals surface area contributed by atoms with Crippen LogP contribution in [0.15, 0.2) is 24.3 Å². The summed E-state index contributed by atoms with van der Waals surface area (Å²) in [5, 5.41) is 0. The van der Waals surface area contributed by atoms with Gasteiger partial charge in [-0.05, 0) is 0 Å². The summed E-state index contributed by atoms with van der Waals surface area (Å²) in [6.45, 7) is 2.06. The van der Waals surface area contributed by atoms with Crippen molar-refractivity contribution < 1.29 is 13.4 Å². The van der Waals surface area contributed by atoms with Gasteiger partial charge in [-0.3, -0.25) is 0 Å². The Labute approximate surface area is 76.3 Å². The van der Waals surface area contributed by atoms with Crippen LogP contribution in [0.3, 0.4) is 0 Å². The molecule has 0 radical (unpaired) electrons. The first kappa shape index (κ1) is 10.3. The molecule has 0 atom stereocenters. The van der Waals surface area contributed by atoms with Crippen LogP contribution in [0.2, 0.25) is 0 Å². The molecule has 1 aromatic carbocycles.